The van der Waals surface area contributed by atoms with Crippen LogP contribution in [0.25, 0.3) is 0 Å². The number of carbonyl (C=O) groups is 1. The molecule has 6 atom stereocenters. The maximum absolute atomic E-state index is 12.8. The van der Waals surface area contributed by atoms with Gasteiger partial charge in [-0.05, 0) is 54.6 Å². The minimum absolute atomic E-state index is 0.0185. The standard InChI is InChI=1S/C20H28O3/c1-10-12-9-11-5-6-13-19(2,3)8-7-14(21)20(13,4)16(11)15(17(10)22)18(12)23/h12-15,18,21,23H,1,5-9H2,2-4H3/t12-,13-,14+,15+,18+,20+/m1/s1. The predicted molar refractivity (Wildman–Crippen MR) is 88.6 cm³/mol. The number of allylic oxidation sites excluding steroid dienone is 1. The summed E-state index contributed by atoms with van der Waals surface area (Å²) >= 11 is 0. The Labute approximate surface area is 138 Å². The fourth-order valence-corrected chi connectivity index (χ4v) is 6.47. The first-order valence-corrected chi connectivity index (χ1v) is 9.01. The molecule has 0 amide bonds. The van der Waals surface area contributed by atoms with Crippen molar-refractivity contribution in [1.82, 2.24) is 0 Å². The fourth-order valence-electron chi connectivity index (χ4n) is 6.47. The van der Waals surface area contributed by atoms with Crippen LogP contribution in [0.15, 0.2) is 23.3 Å². The summed E-state index contributed by atoms with van der Waals surface area (Å²) in [5, 5.41) is 21.7. The van der Waals surface area contributed by atoms with E-state index in [9.17, 15) is 15.0 Å². The Kier molecular flexibility index (Phi) is 3.10. The van der Waals surface area contributed by atoms with Crippen molar-refractivity contribution < 1.29 is 15.0 Å². The number of ketones is 1. The van der Waals surface area contributed by atoms with Crippen LogP contribution in [0.3, 0.4) is 0 Å². The van der Waals surface area contributed by atoms with Gasteiger partial charge in [0.25, 0.3) is 0 Å². The summed E-state index contributed by atoms with van der Waals surface area (Å²) in [7, 11) is 0. The van der Waals surface area contributed by atoms with Gasteiger partial charge in [0, 0.05) is 11.3 Å². The van der Waals surface area contributed by atoms with Crippen LogP contribution in [0.2, 0.25) is 0 Å². The zero-order valence-electron chi connectivity index (χ0n) is 14.4. The van der Waals surface area contributed by atoms with E-state index in [1.807, 2.05) is 0 Å². The van der Waals surface area contributed by atoms with Gasteiger partial charge in [-0.15, -0.1) is 0 Å². The Morgan fingerprint density at radius 1 is 1.17 bits per heavy atom. The number of Topliss-reactive ketones (excluding diaryl/α,β-unsaturated/α-hetero) is 1. The van der Waals surface area contributed by atoms with E-state index in [0.29, 0.717) is 11.5 Å². The summed E-state index contributed by atoms with van der Waals surface area (Å²) in [5.74, 6) is -0.166. The molecule has 3 nitrogen and oxygen atoms in total. The molecule has 3 heteroatoms. The fraction of sp³-hybridized carbons (Fsp3) is 0.750. The first-order chi connectivity index (χ1) is 10.7. The van der Waals surface area contributed by atoms with Crippen molar-refractivity contribution >= 4 is 5.78 Å². The summed E-state index contributed by atoms with van der Waals surface area (Å²) in [6.45, 7) is 10.7. The smallest absolute Gasteiger partial charge is 0.168 e. The molecule has 0 aliphatic heterocycles. The lowest BCUT2D eigenvalue weighted by Gasteiger charge is -2.59. The van der Waals surface area contributed by atoms with E-state index in [0.717, 1.165) is 37.7 Å². The van der Waals surface area contributed by atoms with Gasteiger partial charge >= 0.3 is 0 Å². The topological polar surface area (TPSA) is 57.5 Å². The van der Waals surface area contributed by atoms with E-state index in [2.05, 4.69) is 27.4 Å². The summed E-state index contributed by atoms with van der Waals surface area (Å²) in [5.41, 5.74) is 2.79. The van der Waals surface area contributed by atoms with Crippen LogP contribution < -0.4 is 0 Å². The summed E-state index contributed by atoms with van der Waals surface area (Å²) < 4.78 is 0. The van der Waals surface area contributed by atoms with Gasteiger partial charge in [-0.2, -0.15) is 0 Å². The number of carbonyl (C=O) groups excluding carboxylic acids is 1. The maximum atomic E-state index is 12.8. The number of hydrogen-bond acceptors (Lipinski definition) is 3. The molecule has 0 spiro atoms. The molecular formula is C20H28O3. The average molecular weight is 316 g/mol. The lowest BCUT2D eigenvalue weighted by Crippen LogP contribution is -2.56. The van der Waals surface area contributed by atoms with E-state index in [4.69, 9.17) is 0 Å². The normalized spacial score (nSPS) is 48.3. The molecule has 2 saturated carbocycles. The first kappa shape index (κ1) is 15.6. The second kappa shape index (κ2) is 4.58. The minimum Gasteiger partial charge on any atom is -0.392 e. The quantitative estimate of drug-likeness (QED) is 0.533. The van der Waals surface area contributed by atoms with E-state index in [-0.39, 0.29) is 22.5 Å². The van der Waals surface area contributed by atoms with Crippen LogP contribution in [0.1, 0.15) is 52.9 Å². The Morgan fingerprint density at radius 2 is 1.87 bits per heavy atom. The molecule has 2 bridgehead atoms. The average Bonchev–Trinajstić information content (AvgIpc) is 2.62. The second-order valence-corrected chi connectivity index (χ2v) is 9.10. The molecule has 0 heterocycles. The third kappa shape index (κ3) is 1.76. The van der Waals surface area contributed by atoms with Crippen LogP contribution in [0.5, 0.6) is 0 Å². The van der Waals surface area contributed by atoms with E-state index in [1.54, 1.807) is 0 Å². The molecule has 0 aromatic heterocycles. The number of aliphatic hydroxyl groups is 2. The lowest BCUT2D eigenvalue weighted by atomic mass is 9.46. The van der Waals surface area contributed by atoms with Crippen molar-refractivity contribution in [2.45, 2.75) is 65.1 Å². The van der Waals surface area contributed by atoms with Crippen LogP contribution >= 0.6 is 0 Å². The number of aliphatic hydroxyl groups excluding tert-OH is 2. The van der Waals surface area contributed by atoms with Crippen molar-refractivity contribution in [1.29, 1.82) is 0 Å². The highest BCUT2D eigenvalue weighted by Gasteiger charge is 2.62. The molecule has 0 radical (unpaired) electrons. The minimum atomic E-state index is -0.637. The highest BCUT2D eigenvalue weighted by Crippen LogP contribution is 2.64. The van der Waals surface area contributed by atoms with Gasteiger partial charge in [0.15, 0.2) is 5.78 Å². The Balaban J connectivity index is 1.89. The third-order valence-corrected chi connectivity index (χ3v) is 7.70. The molecule has 4 aliphatic rings. The highest BCUT2D eigenvalue weighted by atomic mass is 16.3. The second-order valence-electron chi connectivity index (χ2n) is 9.10. The SMILES string of the molecule is C=C1C(=O)[C@@H]2C3=C(CC[C@@H]4C(C)(C)CC[C@H](O)[C@@]34C)C[C@H]1[C@@H]2O. The van der Waals surface area contributed by atoms with Crippen LogP contribution in [0, 0.1) is 28.6 Å². The van der Waals surface area contributed by atoms with Gasteiger partial charge in [0.05, 0.1) is 18.1 Å². The lowest BCUT2D eigenvalue weighted by molar-refractivity contribution is -0.123. The predicted octanol–water partition coefficient (Wildman–Crippen LogP) is 3.02. The van der Waals surface area contributed by atoms with Crippen molar-refractivity contribution in [3.8, 4) is 0 Å². The Hall–Kier alpha value is -0.930. The zero-order chi connectivity index (χ0) is 16.7. The number of rotatable bonds is 0. The van der Waals surface area contributed by atoms with Gasteiger partial charge in [0.1, 0.15) is 0 Å². The molecule has 23 heavy (non-hydrogen) atoms. The monoisotopic (exact) mass is 316 g/mol. The van der Waals surface area contributed by atoms with Crippen molar-refractivity contribution in [3.05, 3.63) is 23.3 Å². The summed E-state index contributed by atoms with van der Waals surface area (Å²) in [6, 6.07) is 0. The van der Waals surface area contributed by atoms with E-state index < -0.39 is 18.1 Å². The zero-order valence-corrected chi connectivity index (χ0v) is 14.4. The first-order valence-electron chi connectivity index (χ1n) is 9.01. The van der Waals surface area contributed by atoms with E-state index >= 15 is 0 Å². The van der Waals surface area contributed by atoms with Crippen molar-refractivity contribution in [2.75, 3.05) is 0 Å². The summed E-state index contributed by atoms with van der Waals surface area (Å²) in [4.78, 5) is 12.8. The summed E-state index contributed by atoms with van der Waals surface area (Å²) in [6.07, 6.45) is 3.58. The molecule has 4 rings (SSSR count). The van der Waals surface area contributed by atoms with Gasteiger partial charge in [0.2, 0.25) is 0 Å². The van der Waals surface area contributed by atoms with Gasteiger partial charge in [-0.3, -0.25) is 4.79 Å². The molecule has 0 aromatic rings. The molecule has 0 unspecified atom stereocenters. The molecule has 0 saturated heterocycles. The van der Waals surface area contributed by atoms with E-state index in [1.165, 1.54) is 5.57 Å². The van der Waals surface area contributed by atoms with Gasteiger partial charge in [-0.25, -0.2) is 0 Å². The number of hydrogen-bond donors (Lipinski definition) is 2. The molecular weight excluding hydrogens is 288 g/mol. The van der Waals surface area contributed by atoms with Gasteiger partial charge in [-0.1, -0.05) is 32.9 Å². The molecule has 126 valence electrons. The van der Waals surface area contributed by atoms with Crippen LogP contribution in [-0.4, -0.2) is 28.2 Å². The third-order valence-electron chi connectivity index (χ3n) is 7.70. The highest BCUT2D eigenvalue weighted by molar-refractivity contribution is 6.03. The van der Waals surface area contributed by atoms with Crippen LogP contribution in [0.4, 0.5) is 0 Å². The van der Waals surface area contributed by atoms with Crippen molar-refractivity contribution in [3.63, 3.8) is 0 Å². The molecule has 0 aromatic carbocycles. The molecule has 4 aliphatic carbocycles. The van der Waals surface area contributed by atoms with Crippen LogP contribution in [-0.2, 0) is 4.79 Å². The van der Waals surface area contributed by atoms with Gasteiger partial charge < -0.3 is 10.2 Å². The Bertz CT molecular complexity index is 629. The van der Waals surface area contributed by atoms with Crippen molar-refractivity contribution in [2.24, 2.45) is 28.6 Å². The maximum Gasteiger partial charge on any atom is 0.168 e. The largest absolute Gasteiger partial charge is 0.392 e. The molecule has 2 N–H and O–H groups in total. The number of fused-ring (bicyclic) bond motifs is 5. The Morgan fingerprint density at radius 3 is 2.57 bits per heavy atom. The molecule has 2 fully saturated rings.